The van der Waals surface area contributed by atoms with Crippen molar-refractivity contribution < 1.29 is 14.3 Å². The summed E-state index contributed by atoms with van der Waals surface area (Å²) in [5.41, 5.74) is 2.97. The number of anilines is 1. The number of thioether (sulfide) groups is 1. The number of hydrogen-bond donors (Lipinski definition) is 1. The third-order valence-corrected chi connectivity index (χ3v) is 4.65. The number of rotatable bonds is 6. The third kappa shape index (κ3) is 5.86. The molecule has 0 atom stereocenters. The number of hydrazine groups is 1. The second-order valence-corrected chi connectivity index (χ2v) is 8.13. The lowest BCUT2D eigenvalue weighted by molar-refractivity contribution is -0.107. The predicted molar refractivity (Wildman–Crippen MR) is 102 cm³/mol. The fourth-order valence-corrected chi connectivity index (χ4v) is 3.31. The summed E-state index contributed by atoms with van der Waals surface area (Å²) < 4.78 is 5.43. The molecule has 0 unspecified atom stereocenters. The molecule has 1 N–H and O–H groups in total. The molecule has 1 aliphatic carbocycles. The van der Waals surface area contributed by atoms with Gasteiger partial charge in [0, 0.05) is 18.2 Å². The highest BCUT2D eigenvalue weighted by molar-refractivity contribution is 7.98. The largest absolute Gasteiger partial charge is 0.443 e. The lowest BCUT2D eigenvalue weighted by atomic mass is 9.95. The zero-order valence-corrected chi connectivity index (χ0v) is 16.8. The molecule has 8 heteroatoms. The van der Waals surface area contributed by atoms with Crippen LogP contribution in [0.3, 0.4) is 0 Å². The maximum atomic E-state index is 12.4. The van der Waals surface area contributed by atoms with E-state index in [-0.39, 0.29) is 12.5 Å². The molecule has 0 radical (unpaired) electrons. The zero-order valence-electron chi connectivity index (χ0n) is 15.9. The highest BCUT2D eigenvalue weighted by atomic mass is 32.2. The van der Waals surface area contributed by atoms with Crippen LogP contribution < -0.4 is 10.4 Å². The van der Waals surface area contributed by atoms with E-state index in [0.717, 1.165) is 32.0 Å². The maximum Gasteiger partial charge on any atom is 0.426 e. The molecule has 1 amide bonds. The molecule has 1 aromatic rings. The topological polar surface area (TPSA) is 84.4 Å². The van der Waals surface area contributed by atoms with E-state index in [1.165, 1.54) is 18.2 Å². The molecule has 26 heavy (non-hydrogen) atoms. The second-order valence-electron chi connectivity index (χ2n) is 7.35. The molecule has 144 valence electrons. The van der Waals surface area contributed by atoms with Crippen LogP contribution in [0.2, 0.25) is 0 Å². The first-order valence-electron chi connectivity index (χ1n) is 8.96. The van der Waals surface area contributed by atoms with Gasteiger partial charge >= 0.3 is 6.09 Å². The normalized spacial score (nSPS) is 15.4. The molecule has 1 aromatic heterocycles. The molecule has 2 rings (SSSR count). The molecular formula is C18H28N4O3S. The Labute approximate surface area is 159 Å². The van der Waals surface area contributed by atoms with Crippen LogP contribution in [0.4, 0.5) is 10.6 Å². The summed E-state index contributed by atoms with van der Waals surface area (Å²) in [4.78, 5) is 32.4. The van der Waals surface area contributed by atoms with Crippen molar-refractivity contribution in [2.45, 2.75) is 76.1 Å². The lowest BCUT2D eigenvalue weighted by Crippen LogP contribution is -2.51. The SMILES string of the molecule is CSc1ncc(CC=O)c(N(NC(=O)OC(C)(C)C)C2CCCCC2)n1. The van der Waals surface area contributed by atoms with Gasteiger partial charge in [0.15, 0.2) is 11.0 Å². The highest BCUT2D eigenvalue weighted by Crippen LogP contribution is 2.28. The monoisotopic (exact) mass is 380 g/mol. The first kappa shape index (κ1) is 20.5. The van der Waals surface area contributed by atoms with Crippen LogP contribution in [0.15, 0.2) is 11.4 Å². The Bertz CT molecular complexity index is 627. The lowest BCUT2D eigenvalue weighted by Gasteiger charge is -2.36. The fraction of sp³-hybridized carbons (Fsp3) is 0.667. The van der Waals surface area contributed by atoms with Crippen LogP contribution in [0, 0.1) is 0 Å². The smallest absolute Gasteiger partial charge is 0.426 e. The van der Waals surface area contributed by atoms with Crippen LogP contribution in [-0.2, 0) is 16.0 Å². The van der Waals surface area contributed by atoms with Gasteiger partial charge in [-0.1, -0.05) is 31.0 Å². The van der Waals surface area contributed by atoms with E-state index in [9.17, 15) is 9.59 Å². The van der Waals surface area contributed by atoms with E-state index >= 15 is 0 Å². The van der Waals surface area contributed by atoms with Crippen molar-refractivity contribution in [2.75, 3.05) is 11.3 Å². The average Bonchev–Trinajstić information content (AvgIpc) is 2.60. The van der Waals surface area contributed by atoms with Gasteiger partial charge in [0.2, 0.25) is 0 Å². The summed E-state index contributed by atoms with van der Waals surface area (Å²) in [5, 5.41) is 2.38. The van der Waals surface area contributed by atoms with Gasteiger partial charge in [-0.2, -0.15) is 0 Å². The number of aromatic nitrogens is 2. The number of aldehydes is 1. The second kappa shape index (κ2) is 9.21. The van der Waals surface area contributed by atoms with Crippen molar-refractivity contribution in [1.29, 1.82) is 0 Å². The molecule has 1 saturated carbocycles. The number of hydrogen-bond acceptors (Lipinski definition) is 7. The number of nitrogens with one attached hydrogen (secondary N) is 1. The summed E-state index contributed by atoms with van der Waals surface area (Å²) in [6.45, 7) is 5.48. The Kier molecular flexibility index (Phi) is 7.25. The highest BCUT2D eigenvalue weighted by Gasteiger charge is 2.28. The van der Waals surface area contributed by atoms with Gasteiger partial charge in [-0.15, -0.1) is 0 Å². The van der Waals surface area contributed by atoms with Crippen LogP contribution in [0.25, 0.3) is 0 Å². The molecule has 7 nitrogen and oxygen atoms in total. The Morgan fingerprint density at radius 2 is 2.08 bits per heavy atom. The summed E-state index contributed by atoms with van der Waals surface area (Å²) in [5.74, 6) is 0.578. The summed E-state index contributed by atoms with van der Waals surface area (Å²) in [6.07, 6.45) is 9.35. The van der Waals surface area contributed by atoms with E-state index in [1.54, 1.807) is 11.2 Å². The maximum absolute atomic E-state index is 12.4. The Morgan fingerprint density at radius 1 is 1.38 bits per heavy atom. The summed E-state index contributed by atoms with van der Waals surface area (Å²) in [6, 6.07) is 0.117. The number of carbonyl (C=O) groups excluding carboxylic acids is 2. The van der Waals surface area contributed by atoms with Crippen molar-refractivity contribution in [3.8, 4) is 0 Å². The van der Waals surface area contributed by atoms with Crippen molar-refractivity contribution in [2.24, 2.45) is 0 Å². The number of amides is 1. The minimum Gasteiger partial charge on any atom is -0.443 e. The average molecular weight is 381 g/mol. The molecule has 0 bridgehead atoms. The first-order valence-corrected chi connectivity index (χ1v) is 10.2. The molecule has 0 aromatic carbocycles. The molecule has 1 heterocycles. The van der Waals surface area contributed by atoms with Crippen LogP contribution in [-0.4, -0.2) is 40.2 Å². The first-order chi connectivity index (χ1) is 12.3. The fourth-order valence-electron chi connectivity index (χ4n) is 2.98. The van der Waals surface area contributed by atoms with Gasteiger partial charge < -0.3 is 9.53 Å². The predicted octanol–water partition coefficient (Wildman–Crippen LogP) is 3.52. The molecule has 1 fully saturated rings. The number of nitrogens with zero attached hydrogens (tertiary/aromatic N) is 3. The summed E-state index contributed by atoms with van der Waals surface area (Å²) >= 11 is 1.42. The summed E-state index contributed by atoms with van der Waals surface area (Å²) in [7, 11) is 0. The minimum atomic E-state index is -0.593. The van der Waals surface area contributed by atoms with Crippen LogP contribution in [0.1, 0.15) is 58.4 Å². The minimum absolute atomic E-state index is 0.117. The molecule has 0 saturated heterocycles. The molecular weight excluding hydrogens is 352 g/mol. The van der Waals surface area contributed by atoms with Crippen molar-refractivity contribution in [3.05, 3.63) is 11.8 Å². The van der Waals surface area contributed by atoms with Crippen LogP contribution in [0.5, 0.6) is 0 Å². The molecule has 1 aliphatic rings. The Morgan fingerprint density at radius 3 is 2.65 bits per heavy atom. The van der Waals surface area contributed by atoms with Crippen molar-refractivity contribution >= 4 is 30.0 Å². The van der Waals surface area contributed by atoms with Gasteiger partial charge in [-0.3, -0.25) is 5.01 Å². The van der Waals surface area contributed by atoms with E-state index in [1.807, 2.05) is 27.0 Å². The number of carbonyl (C=O) groups is 2. The quantitative estimate of drug-likeness (QED) is 0.350. The third-order valence-electron chi connectivity index (χ3n) is 4.08. The van der Waals surface area contributed by atoms with Gasteiger partial charge in [0.25, 0.3) is 0 Å². The Balaban J connectivity index is 2.35. The zero-order chi connectivity index (χ0) is 19.2. The van der Waals surface area contributed by atoms with E-state index in [4.69, 9.17) is 4.74 Å². The standard InChI is InChI=1S/C18H28N4O3S/c1-18(2,3)25-17(24)21-22(14-8-6-5-7-9-14)15-13(10-11-23)12-19-16(20-15)26-4/h11-12,14H,5-10H2,1-4H3,(H,21,24). The van der Waals surface area contributed by atoms with Gasteiger partial charge in [0.1, 0.15) is 11.9 Å². The molecule has 0 aliphatic heterocycles. The van der Waals surface area contributed by atoms with E-state index < -0.39 is 11.7 Å². The Hall–Kier alpha value is -1.83. The van der Waals surface area contributed by atoms with Crippen molar-refractivity contribution in [1.82, 2.24) is 15.4 Å². The van der Waals surface area contributed by atoms with Crippen molar-refractivity contribution in [3.63, 3.8) is 0 Å². The number of ether oxygens (including phenoxy) is 1. The van der Waals surface area contributed by atoms with Crippen LogP contribution >= 0.6 is 11.8 Å². The van der Waals surface area contributed by atoms with Gasteiger partial charge in [-0.05, 0) is 39.9 Å². The van der Waals surface area contributed by atoms with E-state index in [2.05, 4.69) is 15.4 Å². The van der Waals surface area contributed by atoms with E-state index in [0.29, 0.717) is 16.5 Å². The van der Waals surface area contributed by atoms with Gasteiger partial charge in [0.05, 0.1) is 6.04 Å². The molecule has 0 spiro atoms. The van der Waals surface area contributed by atoms with Gasteiger partial charge in [-0.25, -0.2) is 20.2 Å².